The van der Waals surface area contributed by atoms with Crippen LogP contribution in [0.15, 0.2) is 24.3 Å². The van der Waals surface area contributed by atoms with Gasteiger partial charge in [-0.05, 0) is 56.8 Å². The Balaban J connectivity index is 1.68. The lowest BCUT2D eigenvalue weighted by molar-refractivity contribution is -0.134. The molecule has 2 amide bonds. The van der Waals surface area contributed by atoms with E-state index in [-0.39, 0.29) is 23.9 Å². The van der Waals surface area contributed by atoms with E-state index in [0.29, 0.717) is 0 Å². The van der Waals surface area contributed by atoms with Crippen LogP contribution in [0.3, 0.4) is 0 Å². The van der Waals surface area contributed by atoms with Crippen molar-refractivity contribution in [2.75, 3.05) is 18.4 Å². The first kappa shape index (κ1) is 16.9. The molecule has 0 aliphatic carbocycles. The van der Waals surface area contributed by atoms with E-state index in [1.54, 1.807) is 6.92 Å². The van der Waals surface area contributed by atoms with Crippen molar-refractivity contribution in [2.24, 2.45) is 5.73 Å². The number of nitrogens with one attached hydrogen (secondary N) is 2. The lowest BCUT2D eigenvalue weighted by atomic mass is 10.0. The van der Waals surface area contributed by atoms with Crippen LogP contribution >= 0.6 is 0 Å². The summed E-state index contributed by atoms with van der Waals surface area (Å²) in [5.74, 6) is 0.0251. The zero-order chi connectivity index (χ0) is 17.1. The van der Waals surface area contributed by atoms with Crippen LogP contribution in [0.2, 0.25) is 0 Å². The first-order chi connectivity index (χ1) is 11.6. The van der Waals surface area contributed by atoms with Gasteiger partial charge >= 0.3 is 0 Å². The first-order valence-electron chi connectivity index (χ1n) is 8.76. The van der Waals surface area contributed by atoms with Crippen molar-refractivity contribution >= 4 is 17.5 Å². The number of rotatable bonds is 4. The molecule has 3 rings (SSSR count). The van der Waals surface area contributed by atoms with Crippen molar-refractivity contribution < 1.29 is 9.59 Å². The summed E-state index contributed by atoms with van der Waals surface area (Å²) >= 11 is 0. The molecule has 2 unspecified atom stereocenters. The number of hydrogen-bond acceptors (Lipinski definition) is 4. The van der Waals surface area contributed by atoms with Crippen molar-refractivity contribution in [2.45, 2.75) is 50.7 Å². The Labute approximate surface area is 142 Å². The number of hydrogen-bond donors (Lipinski definition) is 3. The van der Waals surface area contributed by atoms with Gasteiger partial charge in [-0.15, -0.1) is 0 Å². The fourth-order valence-electron chi connectivity index (χ4n) is 3.52. The maximum absolute atomic E-state index is 12.7. The Morgan fingerprint density at radius 3 is 2.62 bits per heavy atom. The fraction of sp³-hybridized carbons (Fsp3) is 0.556. The molecule has 1 aromatic rings. The summed E-state index contributed by atoms with van der Waals surface area (Å²) in [6.07, 6.45) is 4.03. The van der Waals surface area contributed by atoms with Crippen LogP contribution in [-0.4, -0.2) is 41.9 Å². The second-order valence-electron chi connectivity index (χ2n) is 6.74. The summed E-state index contributed by atoms with van der Waals surface area (Å²) in [4.78, 5) is 26.4. The third-order valence-corrected chi connectivity index (χ3v) is 4.87. The minimum Gasteiger partial charge on any atom is -0.334 e. The fourth-order valence-corrected chi connectivity index (χ4v) is 3.52. The highest BCUT2D eigenvalue weighted by Crippen LogP contribution is 2.33. The van der Waals surface area contributed by atoms with Crippen LogP contribution in [0.5, 0.6) is 0 Å². The lowest BCUT2D eigenvalue weighted by Crippen LogP contribution is -2.43. The third kappa shape index (κ3) is 3.60. The molecule has 2 heterocycles. The van der Waals surface area contributed by atoms with Gasteiger partial charge in [-0.1, -0.05) is 12.1 Å². The zero-order valence-electron chi connectivity index (χ0n) is 14.1. The highest BCUT2D eigenvalue weighted by molar-refractivity contribution is 5.94. The van der Waals surface area contributed by atoms with Gasteiger partial charge in [-0.2, -0.15) is 0 Å². The van der Waals surface area contributed by atoms with Gasteiger partial charge in [0.15, 0.2) is 0 Å². The summed E-state index contributed by atoms with van der Waals surface area (Å²) in [6, 6.07) is 7.33. The Morgan fingerprint density at radius 1 is 1.25 bits per heavy atom. The summed E-state index contributed by atoms with van der Waals surface area (Å²) < 4.78 is 0. The van der Waals surface area contributed by atoms with Crippen molar-refractivity contribution in [3.8, 4) is 0 Å². The van der Waals surface area contributed by atoms with Crippen molar-refractivity contribution in [3.63, 3.8) is 0 Å². The normalized spacial score (nSPS) is 24.8. The van der Waals surface area contributed by atoms with E-state index in [1.165, 1.54) is 0 Å². The van der Waals surface area contributed by atoms with E-state index in [2.05, 4.69) is 10.6 Å². The predicted molar refractivity (Wildman–Crippen MR) is 93.4 cm³/mol. The maximum atomic E-state index is 12.7. The summed E-state index contributed by atoms with van der Waals surface area (Å²) in [6.45, 7) is 3.41. The standard InChI is InChI=1S/C18H26N4O2/c1-12(19)17(23)21-14-8-6-13(7-9-14)16-5-3-11-22(16)18(24)15-4-2-10-20-15/h6-9,12,15-16,20H,2-5,10-11,19H2,1H3,(H,21,23)/t12?,15?,16-/m0/s1. The van der Waals surface area contributed by atoms with E-state index in [0.717, 1.165) is 50.0 Å². The molecule has 0 spiro atoms. The summed E-state index contributed by atoms with van der Waals surface area (Å²) in [5.41, 5.74) is 7.42. The Hall–Kier alpha value is -1.92. The number of carbonyl (C=O) groups is 2. The summed E-state index contributed by atoms with van der Waals surface area (Å²) in [7, 11) is 0. The summed E-state index contributed by atoms with van der Waals surface area (Å²) in [5, 5.41) is 6.08. The molecule has 2 fully saturated rings. The number of benzene rings is 1. The SMILES string of the molecule is CC(N)C(=O)Nc1ccc([C@@H]2CCCN2C(=O)C2CCCN2)cc1. The molecule has 3 atom stereocenters. The molecule has 2 aliphatic rings. The van der Waals surface area contributed by atoms with Crippen LogP contribution in [0.25, 0.3) is 0 Å². The maximum Gasteiger partial charge on any atom is 0.240 e. The lowest BCUT2D eigenvalue weighted by Gasteiger charge is -2.28. The molecule has 6 heteroatoms. The van der Waals surface area contributed by atoms with Crippen LogP contribution in [0.4, 0.5) is 5.69 Å². The predicted octanol–water partition coefficient (Wildman–Crippen LogP) is 1.39. The minimum atomic E-state index is -0.536. The van der Waals surface area contributed by atoms with Crippen LogP contribution in [0.1, 0.15) is 44.2 Å². The average Bonchev–Trinajstić information content (AvgIpc) is 3.26. The second-order valence-corrected chi connectivity index (χ2v) is 6.74. The highest BCUT2D eigenvalue weighted by atomic mass is 16.2. The number of nitrogens with zero attached hydrogens (tertiary/aromatic N) is 1. The van der Waals surface area contributed by atoms with Gasteiger partial charge < -0.3 is 21.3 Å². The number of carbonyl (C=O) groups excluding carboxylic acids is 2. The van der Waals surface area contributed by atoms with Gasteiger partial charge in [-0.25, -0.2) is 0 Å². The zero-order valence-corrected chi connectivity index (χ0v) is 14.1. The van der Waals surface area contributed by atoms with Gasteiger partial charge in [0.2, 0.25) is 11.8 Å². The Morgan fingerprint density at radius 2 is 2.00 bits per heavy atom. The largest absolute Gasteiger partial charge is 0.334 e. The minimum absolute atomic E-state index is 0.0183. The Bertz CT molecular complexity index is 594. The molecule has 4 N–H and O–H groups in total. The second kappa shape index (κ2) is 7.32. The average molecular weight is 330 g/mol. The first-order valence-corrected chi connectivity index (χ1v) is 8.76. The Kier molecular flexibility index (Phi) is 5.16. The molecule has 2 aliphatic heterocycles. The molecule has 0 bridgehead atoms. The van der Waals surface area contributed by atoms with Gasteiger partial charge in [0.05, 0.1) is 18.1 Å². The molecule has 0 aromatic heterocycles. The molecule has 24 heavy (non-hydrogen) atoms. The molecule has 0 radical (unpaired) electrons. The van der Waals surface area contributed by atoms with E-state index >= 15 is 0 Å². The van der Waals surface area contributed by atoms with Gasteiger partial charge in [-0.3, -0.25) is 9.59 Å². The topological polar surface area (TPSA) is 87.5 Å². The monoisotopic (exact) mass is 330 g/mol. The molecule has 1 aromatic carbocycles. The van der Waals surface area contributed by atoms with Crippen LogP contribution in [-0.2, 0) is 9.59 Å². The van der Waals surface area contributed by atoms with E-state index in [9.17, 15) is 9.59 Å². The number of likely N-dealkylation sites (tertiary alicyclic amines) is 1. The molecule has 6 nitrogen and oxygen atoms in total. The van der Waals surface area contributed by atoms with Crippen LogP contribution in [0, 0.1) is 0 Å². The van der Waals surface area contributed by atoms with Gasteiger partial charge in [0.1, 0.15) is 0 Å². The van der Waals surface area contributed by atoms with Crippen LogP contribution < -0.4 is 16.4 Å². The smallest absolute Gasteiger partial charge is 0.240 e. The van der Waals surface area contributed by atoms with Gasteiger partial charge in [0, 0.05) is 12.2 Å². The van der Waals surface area contributed by atoms with Crippen molar-refractivity contribution in [1.82, 2.24) is 10.2 Å². The van der Waals surface area contributed by atoms with Crippen molar-refractivity contribution in [1.29, 1.82) is 0 Å². The quantitative estimate of drug-likeness (QED) is 0.778. The van der Waals surface area contributed by atoms with E-state index < -0.39 is 6.04 Å². The molecular weight excluding hydrogens is 304 g/mol. The highest BCUT2D eigenvalue weighted by Gasteiger charge is 2.34. The molecule has 2 saturated heterocycles. The number of amides is 2. The number of nitrogens with two attached hydrogens (primary N) is 1. The van der Waals surface area contributed by atoms with Gasteiger partial charge in [0.25, 0.3) is 0 Å². The number of anilines is 1. The van der Waals surface area contributed by atoms with E-state index in [4.69, 9.17) is 5.73 Å². The third-order valence-electron chi connectivity index (χ3n) is 4.87. The molecular formula is C18H26N4O2. The molecule has 130 valence electrons. The molecule has 0 saturated carbocycles. The van der Waals surface area contributed by atoms with E-state index in [1.807, 2.05) is 29.2 Å². The van der Waals surface area contributed by atoms with Crippen molar-refractivity contribution in [3.05, 3.63) is 29.8 Å².